The normalized spacial score (nSPS) is 10.1. The van der Waals surface area contributed by atoms with E-state index >= 15 is 0 Å². The van der Waals surface area contributed by atoms with Crippen LogP contribution in [0.3, 0.4) is 0 Å². The van der Waals surface area contributed by atoms with Gasteiger partial charge >= 0.3 is 5.97 Å². The minimum Gasteiger partial charge on any atom is -0.481 e. The zero-order valence-electron chi connectivity index (χ0n) is 6.97. The van der Waals surface area contributed by atoms with Crippen molar-refractivity contribution in [1.29, 1.82) is 0 Å². The number of benzene rings is 1. The molecular weight excluding hydrogens is 239 g/mol. The molecule has 0 bridgehead atoms. The number of carboxylic acid groups (broad SMARTS) is 1. The number of hydrogen-bond donors (Lipinski definition) is 1. The van der Waals surface area contributed by atoms with Crippen molar-refractivity contribution in [3.63, 3.8) is 0 Å². The Morgan fingerprint density at radius 2 is 2.23 bits per heavy atom. The van der Waals surface area contributed by atoms with E-state index < -0.39 is 11.8 Å². The molecule has 0 aromatic heterocycles. The molecule has 0 aliphatic carbocycles. The van der Waals surface area contributed by atoms with E-state index in [9.17, 15) is 9.18 Å². The van der Waals surface area contributed by atoms with Gasteiger partial charge in [0.05, 0.1) is 10.9 Å². The van der Waals surface area contributed by atoms with E-state index in [0.29, 0.717) is 4.47 Å². The van der Waals surface area contributed by atoms with Crippen LogP contribution in [0.1, 0.15) is 11.1 Å². The molecule has 4 heteroatoms. The molecule has 1 N–H and O–H groups in total. The third-order valence-electron chi connectivity index (χ3n) is 1.70. The molecule has 0 fully saturated rings. The number of aliphatic carboxylic acids is 1. The van der Waals surface area contributed by atoms with Gasteiger partial charge in [0.2, 0.25) is 0 Å². The first-order valence-electron chi connectivity index (χ1n) is 3.67. The van der Waals surface area contributed by atoms with E-state index in [1.54, 1.807) is 13.0 Å². The number of hydrogen-bond acceptors (Lipinski definition) is 1. The van der Waals surface area contributed by atoms with E-state index in [0.717, 1.165) is 5.56 Å². The van der Waals surface area contributed by atoms with Crippen LogP contribution in [0.15, 0.2) is 16.6 Å². The first-order valence-corrected chi connectivity index (χ1v) is 4.47. The summed E-state index contributed by atoms with van der Waals surface area (Å²) in [6.07, 6.45) is -0.287. The fourth-order valence-corrected chi connectivity index (χ4v) is 1.37. The molecule has 0 amide bonds. The van der Waals surface area contributed by atoms with Gasteiger partial charge in [-0.15, -0.1) is 0 Å². The number of aryl methyl sites for hydroxylation is 1. The largest absolute Gasteiger partial charge is 0.481 e. The summed E-state index contributed by atoms with van der Waals surface area (Å²) in [6, 6.07) is 3.18. The van der Waals surface area contributed by atoms with Gasteiger partial charge in [-0.25, -0.2) is 4.39 Å². The summed E-state index contributed by atoms with van der Waals surface area (Å²) in [5.74, 6) is -1.52. The lowest BCUT2D eigenvalue weighted by atomic mass is 10.1. The van der Waals surface area contributed by atoms with Gasteiger partial charge in [0.25, 0.3) is 0 Å². The molecule has 70 valence electrons. The first-order chi connectivity index (χ1) is 6.02. The monoisotopic (exact) mass is 246 g/mol. The fourth-order valence-electron chi connectivity index (χ4n) is 0.985. The van der Waals surface area contributed by atoms with Crippen molar-refractivity contribution < 1.29 is 14.3 Å². The summed E-state index contributed by atoms with van der Waals surface area (Å²) in [7, 11) is 0. The Balaban J connectivity index is 3.10. The van der Waals surface area contributed by atoms with Crippen LogP contribution in [-0.2, 0) is 11.2 Å². The van der Waals surface area contributed by atoms with Gasteiger partial charge in [-0.2, -0.15) is 0 Å². The summed E-state index contributed by atoms with van der Waals surface area (Å²) in [4.78, 5) is 10.3. The third kappa shape index (κ3) is 2.28. The highest BCUT2D eigenvalue weighted by molar-refractivity contribution is 9.10. The molecule has 0 aliphatic heterocycles. The Labute approximate surface area is 83.5 Å². The lowest BCUT2D eigenvalue weighted by Gasteiger charge is -2.04. The third-order valence-corrected chi connectivity index (χ3v) is 2.67. The molecular formula is C9H8BrFO2. The molecule has 0 heterocycles. The average Bonchev–Trinajstić information content (AvgIpc) is 2.06. The van der Waals surface area contributed by atoms with Gasteiger partial charge in [-0.05, 0) is 28.4 Å². The number of rotatable bonds is 2. The number of halogens is 2. The zero-order chi connectivity index (χ0) is 10.0. The standard InChI is InChI=1S/C9H8BrFO2/c1-5-2-3-6(4-7(12)13)9(11)8(5)10/h2-3H,4H2,1H3,(H,12,13). The lowest BCUT2D eigenvalue weighted by Crippen LogP contribution is -2.03. The second-order valence-electron chi connectivity index (χ2n) is 2.74. The van der Waals surface area contributed by atoms with Crippen LogP contribution in [0.5, 0.6) is 0 Å². The van der Waals surface area contributed by atoms with Gasteiger partial charge in [0, 0.05) is 5.56 Å². The summed E-state index contributed by atoms with van der Waals surface area (Å²) in [5, 5.41) is 8.47. The van der Waals surface area contributed by atoms with Gasteiger partial charge < -0.3 is 5.11 Å². The van der Waals surface area contributed by atoms with E-state index in [2.05, 4.69) is 15.9 Å². The van der Waals surface area contributed by atoms with Gasteiger partial charge in [0.15, 0.2) is 0 Å². The fraction of sp³-hybridized carbons (Fsp3) is 0.222. The Morgan fingerprint density at radius 3 is 2.77 bits per heavy atom. The molecule has 2 nitrogen and oxygen atoms in total. The number of carboxylic acids is 1. The summed E-state index contributed by atoms with van der Waals surface area (Å²) < 4.78 is 13.7. The van der Waals surface area contributed by atoms with Crippen molar-refractivity contribution in [3.8, 4) is 0 Å². The molecule has 1 aromatic carbocycles. The quantitative estimate of drug-likeness (QED) is 0.871. The molecule has 0 aliphatic rings. The smallest absolute Gasteiger partial charge is 0.307 e. The van der Waals surface area contributed by atoms with Crippen LogP contribution >= 0.6 is 15.9 Å². The maximum absolute atomic E-state index is 13.3. The zero-order valence-corrected chi connectivity index (χ0v) is 8.56. The second kappa shape index (κ2) is 3.87. The lowest BCUT2D eigenvalue weighted by molar-refractivity contribution is -0.136. The Kier molecular flexibility index (Phi) is 3.03. The molecule has 0 radical (unpaired) electrons. The van der Waals surface area contributed by atoms with Crippen LogP contribution in [-0.4, -0.2) is 11.1 Å². The van der Waals surface area contributed by atoms with Crippen molar-refractivity contribution >= 4 is 21.9 Å². The topological polar surface area (TPSA) is 37.3 Å². The maximum Gasteiger partial charge on any atom is 0.307 e. The predicted octanol–water partition coefficient (Wildman–Crippen LogP) is 2.52. The second-order valence-corrected chi connectivity index (χ2v) is 3.53. The van der Waals surface area contributed by atoms with E-state index in [-0.39, 0.29) is 12.0 Å². The minimum atomic E-state index is -1.03. The Bertz CT molecular complexity index is 350. The number of carbonyl (C=O) groups is 1. The molecule has 13 heavy (non-hydrogen) atoms. The van der Waals surface area contributed by atoms with Crippen molar-refractivity contribution in [2.24, 2.45) is 0 Å². The molecule has 0 spiro atoms. The summed E-state index contributed by atoms with van der Waals surface area (Å²) >= 11 is 3.05. The van der Waals surface area contributed by atoms with E-state index in [4.69, 9.17) is 5.11 Å². The molecule has 1 rings (SSSR count). The molecule has 0 atom stereocenters. The van der Waals surface area contributed by atoms with Gasteiger partial charge in [0.1, 0.15) is 5.82 Å². The molecule has 0 saturated carbocycles. The van der Waals surface area contributed by atoms with Crippen LogP contribution in [0.4, 0.5) is 4.39 Å². The van der Waals surface area contributed by atoms with E-state index in [1.165, 1.54) is 6.07 Å². The van der Waals surface area contributed by atoms with Crippen molar-refractivity contribution in [2.45, 2.75) is 13.3 Å². The van der Waals surface area contributed by atoms with Crippen LogP contribution in [0.2, 0.25) is 0 Å². The molecule has 0 saturated heterocycles. The van der Waals surface area contributed by atoms with Gasteiger partial charge in [-0.1, -0.05) is 12.1 Å². The minimum absolute atomic E-state index is 0.199. The summed E-state index contributed by atoms with van der Waals surface area (Å²) in [6.45, 7) is 1.75. The summed E-state index contributed by atoms with van der Waals surface area (Å²) in [5.41, 5.74) is 0.955. The van der Waals surface area contributed by atoms with Crippen LogP contribution in [0, 0.1) is 12.7 Å². The van der Waals surface area contributed by atoms with Crippen molar-refractivity contribution in [3.05, 3.63) is 33.5 Å². The van der Waals surface area contributed by atoms with Crippen LogP contribution in [0.25, 0.3) is 0 Å². The maximum atomic E-state index is 13.3. The van der Waals surface area contributed by atoms with Gasteiger partial charge in [-0.3, -0.25) is 4.79 Å². The SMILES string of the molecule is Cc1ccc(CC(=O)O)c(F)c1Br. The van der Waals surface area contributed by atoms with Crippen molar-refractivity contribution in [1.82, 2.24) is 0 Å². The first kappa shape index (κ1) is 10.2. The van der Waals surface area contributed by atoms with E-state index in [1.807, 2.05) is 0 Å². The highest BCUT2D eigenvalue weighted by Crippen LogP contribution is 2.23. The van der Waals surface area contributed by atoms with Crippen LogP contribution < -0.4 is 0 Å². The molecule has 0 unspecified atom stereocenters. The highest BCUT2D eigenvalue weighted by atomic mass is 79.9. The Hall–Kier alpha value is -0.900. The molecule has 1 aromatic rings. The average molecular weight is 247 g/mol. The Morgan fingerprint density at radius 1 is 1.62 bits per heavy atom. The van der Waals surface area contributed by atoms with Crippen molar-refractivity contribution in [2.75, 3.05) is 0 Å². The highest BCUT2D eigenvalue weighted by Gasteiger charge is 2.11. The predicted molar refractivity (Wildman–Crippen MR) is 50.2 cm³/mol.